The van der Waals surface area contributed by atoms with E-state index >= 15 is 0 Å². The van der Waals surface area contributed by atoms with E-state index in [1.54, 1.807) is 0 Å². The molecule has 0 radical (unpaired) electrons. The molecule has 0 bridgehead atoms. The number of hydrogen-bond acceptors (Lipinski definition) is 3. The number of aliphatic hydroxyl groups is 1. The second-order valence-corrected chi connectivity index (χ2v) is 5.43. The molecule has 7 heteroatoms. The first-order chi connectivity index (χ1) is 10.5. The maximum absolute atomic E-state index is 13.4. The summed E-state index contributed by atoms with van der Waals surface area (Å²) in [6.45, 7) is 1.32. The number of urea groups is 1. The van der Waals surface area contributed by atoms with Crippen molar-refractivity contribution >= 4 is 6.03 Å². The van der Waals surface area contributed by atoms with Crippen molar-refractivity contribution < 1.29 is 23.4 Å². The van der Waals surface area contributed by atoms with Crippen LogP contribution in [0.25, 0.3) is 0 Å². The summed E-state index contributed by atoms with van der Waals surface area (Å²) in [5, 5.41) is 15.3. The van der Waals surface area contributed by atoms with E-state index in [1.165, 1.54) is 12.1 Å². The first-order valence-corrected chi connectivity index (χ1v) is 7.24. The van der Waals surface area contributed by atoms with Crippen LogP contribution in [0.4, 0.5) is 13.6 Å². The molecule has 2 amide bonds. The van der Waals surface area contributed by atoms with Gasteiger partial charge in [-0.1, -0.05) is 6.07 Å². The number of carbonyl (C=O) groups is 1. The summed E-state index contributed by atoms with van der Waals surface area (Å²) in [7, 11) is 0. The number of halogens is 2. The summed E-state index contributed by atoms with van der Waals surface area (Å²) in [5.74, 6) is -1.25. The standard InChI is InChI=1S/C15H20F2N2O3/c16-12-2-1-11(13(17)9-12)3-6-18-14(20)19-10-15(21)4-7-22-8-5-15/h1-2,9,21H,3-8,10H2,(H2,18,19,20). The zero-order valence-corrected chi connectivity index (χ0v) is 12.2. The van der Waals surface area contributed by atoms with E-state index in [1.807, 2.05) is 0 Å². The minimum atomic E-state index is -0.932. The van der Waals surface area contributed by atoms with Gasteiger partial charge in [0.05, 0.1) is 5.60 Å². The van der Waals surface area contributed by atoms with E-state index in [-0.39, 0.29) is 19.5 Å². The van der Waals surface area contributed by atoms with Crippen LogP contribution in [0.3, 0.4) is 0 Å². The van der Waals surface area contributed by atoms with Crippen molar-refractivity contribution in [2.45, 2.75) is 24.9 Å². The van der Waals surface area contributed by atoms with Crippen molar-refractivity contribution in [1.82, 2.24) is 10.6 Å². The van der Waals surface area contributed by atoms with E-state index in [9.17, 15) is 18.7 Å². The quantitative estimate of drug-likeness (QED) is 0.768. The summed E-state index contributed by atoms with van der Waals surface area (Å²) in [5.41, 5.74) is -0.594. The largest absolute Gasteiger partial charge is 0.388 e. The summed E-state index contributed by atoms with van der Waals surface area (Å²) in [4.78, 5) is 11.6. The molecule has 122 valence electrons. The van der Waals surface area contributed by atoms with E-state index < -0.39 is 23.3 Å². The lowest BCUT2D eigenvalue weighted by molar-refractivity contribution is -0.0600. The third-order valence-corrected chi connectivity index (χ3v) is 3.70. The Morgan fingerprint density at radius 3 is 2.68 bits per heavy atom. The number of ether oxygens (including phenoxy) is 1. The van der Waals surface area contributed by atoms with Crippen LogP contribution >= 0.6 is 0 Å². The molecule has 0 aromatic heterocycles. The van der Waals surface area contributed by atoms with E-state index in [2.05, 4.69) is 10.6 Å². The molecule has 1 aliphatic heterocycles. The molecule has 1 saturated heterocycles. The summed E-state index contributed by atoms with van der Waals surface area (Å²) < 4.78 is 31.3. The van der Waals surface area contributed by atoms with Crippen LogP contribution in [0.5, 0.6) is 0 Å². The minimum absolute atomic E-state index is 0.146. The van der Waals surface area contributed by atoms with Gasteiger partial charge in [0.25, 0.3) is 0 Å². The molecule has 0 saturated carbocycles. The molecule has 1 fully saturated rings. The third-order valence-electron chi connectivity index (χ3n) is 3.70. The third kappa shape index (κ3) is 4.92. The lowest BCUT2D eigenvalue weighted by Gasteiger charge is -2.32. The van der Waals surface area contributed by atoms with Crippen molar-refractivity contribution in [2.24, 2.45) is 0 Å². The van der Waals surface area contributed by atoms with Gasteiger partial charge in [0.15, 0.2) is 0 Å². The fourth-order valence-corrected chi connectivity index (χ4v) is 2.27. The second kappa shape index (κ2) is 7.51. The van der Waals surface area contributed by atoms with Gasteiger partial charge in [-0.05, 0) is 18.1 Å². The van der Waals surface area contributed by atoms with Gasteiger partial charge in [0, 0.05) is 45.2 Å². The zero-order valence-electron chi connectivity index (χ0n) is 12.2. The van der Waals surface area contributed by atoms with E-state index in [4.69, 9.17) is 4.74 Å². The molecular formula is C15H20F2N2O3. The first kappa shape index (κ1) is 16.6. The smallest absolute Gasteiger partial charge is 0.314 e. The number of nitrogens with one attached hydrogen (secondary N) is 2. The first-order valence-electron chi connectivity index (χ1n) is 7.24. The Morgan fingerprint density at radius 1 is 1.27 bits per heavy atom. The normalized spacial score (nSPS) is 17.0. The Labute approximate surface area is 127 Å². The molecule has 0 unspecified atom stereocenters. The van der Waals surface area contributed by atoms with Crippen LogP contribution in [0.1, 0.15) is 18.4 Å². The molecule has 1 aromatic carbocycles. The van der Waals surface area contributed by atoms with Gasteiger partial charge in [0.2, 0.25) is 0 Å². The monoisotopic (exact) mass is 314 g/mol. The molecular weight excluding hydrogens is 294 g/mol. The highest BCUT2D eigenvalue weighted by molar-refractivity contribution is 5.73. The molecule has 3 N–H and O–H groups in total. The predicted octanol–water partition coefficient (Wildman–Crippen LogP) is 1.35. The molecule has 22 heavy (non-hydrogen) atoms. The number of amides is 2. The highest BCUT2D eigenvalue weighted by Gasteiger charge is 2.29. The molecule has 0 spiro atoms. The van der Waals surface area contributed by atoms with Crippen LogP contribution in [0, 0.1) is 11.6 Å². The van der Waals surface area contributed by atoms with E-state index in [0.29, 0.717) is 31.6 Å². The Hall–Kier alpha value is -1.73. The molecule has 1 aliphatic rings. The van der Waals surface area contributed by atoms with E-state index in [0.717, 1.165) is 6.07 Å². The van der Waals surface area contributed by atoms with Crippen molar-refractivity contribution in [2.75, 3.05) is 26.3 Å². The minimum Gasteiger partial charge on any atom is -0.388 e. The predicted molar refractivity (Wildman–Crippen MR) is 76.5 cm³/mol. The summed E-state index contributed by atoms with van der Waals surface area (Å²) >= 11 is 0. The van der Waals surface area contributed by atoms with Gasteiger partial charge >= 0.3 is 6.03 Å². The number of carbonyl (C=O) groups excluding carboxylic acids is 1. The Kier molecular flexibility index (Phi) is 5.68. The highest BCUT2D eigenvalue weighted by Crippen LogP contribution is 2.19. The molecule has 1 aromatic rings. The van der Waals surface area contributed by atoms with Crippen molar-refractivity contribution in [3.63, 3.8) is 0 Å². The average molecular weight is 314 g/mol. The Morgan fingerprint density at radius 2 is 2.00 bits per heavy atom. The van der Waals surface area contributed by atoms with Gasteiger partial charge in [-0.15, -0.1) is 0 Å². The molecule has 5 nitrogen and oxygen atoms in total. The van der Waals surface area contributed by atoms with Gasteiger partial charge < -0.3 is 20.5 Å². The maximum Gasteiger partial charge on any atom is 0.314 e. The number of benzene rings is 1. The second-order valence-electron chi connectivity index (χ2n) is 5.43. The summed E-state index contributed by atoms with van der Waals surface area (Å²) in [6, 6.07) is 2.92. The fraction of sp³-hybridized carbons (Fsp3) is 0.533. The Balaban J connectivity index is 1.69. The van der Waals surface area contributed by atoms with Gasteiger partial charge in [-0.2, -0.15) is 0 Å². The maximum atomic E-state index is 13.4. The highest BCUT2D eigenvalue weighted by atomic mass is 19.1. The van der Waals surface area contributed by atoms with Crippen LogP contribution < -0.4 is 10.6 Å². The van der Waals surface area contributed by atoms with Gasteiger partial charge in [0.1, 0.15) is 11.6 Å². The van der Waals surface area contributed by atoms with Gasteiger partial charge in [-0.25, -0.2) is 13.6 Å². The average Bonchev–Trinajstić information content (AvgIpc) is 2.48. The fourth-order valence-electron chi connectivity index (χ4n) is 2.27. The van der Waals surface area contributed by atoms with Crippen molar-refractivity contribution in [1.29, 1.82) is 0 Å². The number of hydrogen-bond donors (Lipinski definition) is 3. The van der Waals surface area contributed by atoms with Gasteiger partial charge in [-0.3, -0.25) is 0 Å². The molecule has 0 aliphatic carbocycles. The molecule has 0 atom stereocenters. The topological polar surface area (TPSA) is 70.6 Å². The van der Waals surface area contributed by atoms with Crippen LogP contribution in [-0.4, -0.2) is 43.0 Å². The molecule has 2 rings (SSSR count). The SMILES string of the molecule is O=C(NCCc1ccc(F)cc1F)NCC1(O)CCOCC1. The van der Waals surface area contributed by atoms with Crippen molar-refractivity contribution in [3.05, 3.63) is 35.4 Å². The van der Waals surface area contributed by atoms with Crippen LogP contribution in [0.15, 0.2) is 18.2 Å². The number of rotatable bonds is 5. The van der Waals surface area contributed by atoms with Crippen LogP contribution in [0.2, 0.25) is 0 Å². The van der Waals surface area contributed by atoms with Crippen LogP contribution in [-0.2, 0) is 11.2 Å². The lowest BCUT2D eigenvalue weighted by Crippen LogP contribution is -2.49. The van der Waals surface area contributed by atoms with Crippen molar-refractivity contribution in [3.8, 4) is 0 Å². The zero-order chi connectivity index (χ0) is 16.0. The lowest BCUT2D eigenvalue weighted by atomic mass is 9.94. The Bertz CT molecular complexity index is 520. The summed E-state index contributed by atoms with van der Waals surface area (Å²) in [6.07, 6.45) is 1.22. The molecule has 1 heterocycles.